The van der Waals surface area contributed by atoms with E-state index >= 15 is 28.8 Å². The molecule has 37 nitrogen and oxygen atoms in total. The molecule has 6 fully saturated rings. The van der Waals surface area contributed by atoms with Crippen LogP contribution in [0.1, 0.15) is 149 Å². The molecular weight excluding hydrogens is 1670 g/mol. The van der Waals surface area contributed by atoms with Crippen LogP contribution in [0, 0.1) is 36.5 Å². The van der Waals surface area contributed by atoms with E-state index in [1.807, 2.05) is 18.6 Å². The lowest BCUT2D eigenvalue weighted by Crippen LogP contribution is -2.64. The maximum absolute atomic E-state index is 16.7. The van der Waals surface area contributed by atoms with Gasteiger partial charge in [0.05, 0.1) is 47.8 Å². The molecule has 17 rings (SSSR count). The maximum atomic E-state index is 16.7. The van der Waals surface area contributed by atoms with E-state index in [1.165, 1.54) is 70.3 Å². The summed E-state index contributed by atoms with van der Waals surface area (Å²) in [5.41, 5.74) is 8.70. The summed E-state index contributed by atoms with van der Waals surface area (Å²) in [6.07, 6.45) is -14.3. The molecule has 672 valence electrons. The smallest absolute Gasteiger partial charge is 0.264 e. The van der Waals surface area contributed by atoms with Crippen molar-refractivity contribution in [3.63, 3.8) is 0 Å². The second-order valence-electron chi connectivity index (χ2n) is 34.2. The summed E-state index contributed by atoms with van der Waals surface area (Å²) in [6, 6.07) is 4.77. The number of phenolic OH excluding ortho intramolecular Hbond substituents is 3. The van der Waals surface area contributed by atoms with E-state index in [9.17, 15) is 64.0 Å². The van der Waals surface area contributed by atoms with Gasteiger partial charge in [-0.25, -0.2) is 13.1 Å². The fourth-order valence-corrected chi connectivity index (χ4v) is 19.5. The number of nitrogens with one attached hydrogen (secondary N) is 9. The van der Waals surface area contributed by atoms with Crippen molar-refractivity contribution >= 4 is 68.9 Å². The predicted molar refractivity (Wildman–Crippen MR) is 442 cm³/mol. The van der Waals surface area contributed by atoms with E-state index in [2.05, 4.69) is 42.5 Å². The highest BCUT2D eigenvalue weighted by Gasteiger charge is 2.53. The average molecular weight is 1780 g/mol. The number of halogens is 1. The quantitative estimate of drug-likeness (QED) is 0.0488. The number of amides is 8. The molecule has 11 aliphatic rings. The summed E-state index contributed by atoms with van der Waals surface area (Å²) in [7, 11) is -3.45. The van der Waals surface area contributed by atoms with Gasteiger partial charge in [-0.1, -0.05) is 43.6 Å². The Hall–Kier alpha value is -10.6. The largest absolute Gasteiger partial charge is 0.508 e. The highest BCUT2D eigenvalue weighted by molar-refractivity contribution is 7.90. The summed E-state index contributed by atoms with van der Waals surface area (Å²) < 4.78 is 75.3. The van der Waals surface area contributed by atoms with Crippen LogP contribution in [0.15, 0.2) is 108 Å². The van der Waals surface area contributed by atoms with Crippen LogP contribution in [-0.2, 0) is 62.6 Å². The fourth-order valence-electron chi connectivity index (χ4n) is 18.3. The number of likely N-dealkylation sites (N-methyl/N-ethyl adjacent to an activating group) is 1. The van der Waals surface area contributed by atoms with Crippen LogP contribution >= 0.6 is 11.6 Å². The number of aliphatic hydroxyl groups is 6. The Morgan fingerprint density at radius 1 is 0.696 bits per heavy atom. The molecule has 0 spiro atoms. The SMILES string of the molecule is CN[C@H](CC(C)C)C(=O)N[C@H]1C(=O)N[C@@H](CC(=O)NS(=O)(=O)c2ccc(OCCCN)cc2)C(=O)N[C@H]2C(=O)N[C@H]3C(=O)N[C@H](C(=O)N[C@H](C(=O)NC4C5CC6CC(C5)CC4C6)c4cc(O)cc(O)c4-c4cc3ccc4O)[C@H](O)c3ccc(c(Cl)c3)Oc3cc2cc(c3O[C@@H]2O[C@H](CO)[C@@H](O)[C@H](O)[C@H]2O[C@H]2C[C@](C)(N)[C@H](O)[C@H](C)O2)Oc2ccc(cc2C)[C@H]1O. The summed E-state index contributed by atoms with van der Waals surface area (Å²) in [4.78, 5) is 125. The van der Waals surface area contributed by atoms with E-state index in [0.717, 1.165) is 92.8 Å². The number of rotatable bonds is 20. The monoisotopic (exact) mass is 1770 g/mol. The number of aryl methyl sites for hydroxylation is 1. The first-order valence-corrected chi connectivity index (χ1v) is 43.3. The van der Waals surface area contributed by atoms with Gasteiger partial charge < -0.3 is 133 Å². The van der Waals surface area contributed by atoms with Gasteiger partial charge in [0, 0.05) is 35.2 Å². The fraction of sp³-hybridized carbons (Fsp3) is 0.488. The second kappa shape index (κ2) is 37.2. The lowest BCUT2D eigenvalue weighted by molar-refractivity contribution is -0.333. The van der Waals surface area contributed by atoms with Gasteiger partial charge >= 0.3 is 0 Å². The van der Waals surface area contributed by atoms with Gasteiger partial charge in [0.2, 0.25) is 59.3 Å². The van der Waals surface area contributed by atoms with E-state index in [1.54, 1.807) is 0 Å². The first-order valence-electron chi connectivity index (χ1n) is 41.4. The maximum Gasteiger partial charge on any atom is 0.264 e. The third kappa shape index (κ3) is 19.4. The first kappa shape index (κ1) is 90.7. The second-order valence-corrected chi connectivity index (χ2v) is 36.3. The Kier molecular flexibility index (Phi) is 27.0. The molecule has 22 N–H and O–H groups in total. The standard InChI is InChI=1S/C86H104ClN11O26S/c1-36(2)20-53(90-6)78(109)96-69-71(104)42-9-16-57(37(3)21-42)120-59-29-46-30-60(75(59)124-85-76(74(107)73(106)61(35-99)122-85)123-63-34-86(5,89)77(108)38(4)119-63)121-58-17-10-43(28-52(58)87)72(105)70-84(115)95-68(82(113)92-65-44-23-39-22-40(25-44)26-45(65)24-39)51-31-47(100)32-56(102)64(51)50-27-41(8-15-55(50)101)66(80(111)97-70)94-81(112)67(46)93-79(110)54(91-83(69)114)33-62(103)98-125(116,117)49-13-11-48(12-14-49)118-19-7-18-88/h8-17,21,27-32,36,38-40,44-45,53-54,61,63,65-74,76-77,85,90,99-102,104-108H,7,18-20,22-26,33-35,88-89H2,1-6H3,(H,91,114)(H,92,113)(H,93,110)(H,94,112)(H,95,115)(H,96,109)(H,97,111)(H,98,103)/t38-,39?,40?,44?,45?,53+,54-,61+,63-,65?,66+,67+,68-,69+,70-,71+,72+,73+,74-,76+,77+,85-,86-/m0/s1. The summed E-state index contributed by atoms with van der Waals surface area (Å²) in [6.45, 7) is 7.60. The van der Waals surface area contributed by atoms with Gasteiger partial charge in [-0.05, 0) is 221 Å². The molecule has 6 aromatic carbocycles. The first-order chi connectivity index (χ1) is 59.4. The number of phenols is 3. The molecule has 0 aromatic heterocycles. The number of ether oxygens (including phenoxy) is 7. The molecule has 15 bridgehead atoms. The molecular formula is C86H104ClN11O26S. The number of sulfonamides is 1. The highest BCUT2D eigenvalue weighted by Crippen LogP contribution is 2.55. The van der Waals surface area contributed by atoms with Crippen LogP contribution in [-0.4, -0.2) is 213 Å². The zero-order valence-corrected chi connectivity index (χ0v) is 70.6. The number of aliphatic hydroxyl groups excluding tert-OH is 6. The van der Waals surface area contributed by atoms with Crippen LogP contribution in [0.2, 0.25) is 5.02 Å². The van der Waals surface area contributed by atoms with Crippen molar-refractivity contribution in [2.75, 3.05) is 26.8 Å². The van der Waals surface area contributed by atoms with Crippen molar-refractivity contribution in [3.8, 4) is 62.9 Å². The minimum absolute atomic E-state index is 0.0477. The van der Waals surface area contributed by atoms with Crippen molar-refractivity contribution in [2.24, 2.45) is 41.1 Å². The lowest BCUT2D eigenvalue weighted by Gasteiger charge is -2.54. The van der Waals surface area contributed by atoms with Crippen LogP contribution < -0.4 is 77.7 Å². The van der Waals surface area contributed by atoms with E-state index in [0.29, 0.717) is 18.3 Å². The van der Waals surface area contributed by atoms with Gasteiger partial charge in [-0.2, -0.15) is 0 Å². The molecule has 2 saturated heterocycles. The number of carbonyl (C=O) groups excluding carboxylic acids is 8. The molecule has 6 aromatic rings. The summed E-state index contributed by atoms with van der Waals surface area (Å²) in [5.74, 6) is -13.7. The third-order valence-electron chi connectivity index (χ3n) is 24.5. The Labute approximate surface area is 723 Å². The number of hydrogen-bond acceptors (Lipinski definition) is 29. The minimum atomic E-state index is -4.92. The van der Waals surface area contributed by atoms with Gasteiger partial charge in [0.25, 0.3) is 10.0 Å². The van der Waals surface area contributed by atoms with Crippen LogP contribution in [0.25, 0.3) is 11.1 Å². The summed E-state index contributed by atoms with van der Waals surface area (Å²) in [5, 5.41) is 128. The molecule has 39 heteroatoms. The van der Waals surface area contributed by atoms with Gasteiger partial charge in [0.15, 0.2) is 23.9 Å². The molecule has 4 aliphatic carbocycles. The Morgan fingerprint density at radius 3 is 1.98 bits per heavy atom. The normalized spacial score (nSPS) is 30.5. The molecule has 7 heterocycles. The number of carbonyl (C=O) groups is 8. The minimum Gasteiger partial charge on any atom is -0.508 e. The Morgan fingerprint density at radius 2 is 1.34 bits per heavy atom. The Balaban J connectivity index is 0.968. The average Bonchev–Trinajstić information content (AvgIpc) is 0.792. The number of aromatic hydroxyl groups is 3. The number of fused-ring (bicyclic) bond motifs is 15. The van der Waals surface area contributed by atoms with Crippen LogP contribution in [0.4, 0.5) is 0 Å². The molecule has 4 saturated carbocycles. The predicted octanol–water partition coefficient (Wildman–Crippen LogP) is 2.36. The van der Waals surface area contributed by atoms with Crippen molar-refractivity contribution in [2.45, 2.75) is 213 Å². The van der Waals surface area contributed by atoms with E-state index in [4.69, 9.17) is 56.2 Å². The molecule has 18 atom stereocenters. The van der Waals surface area contributed by atoms with Crippen molar-refractivity contribution in [3.05, 3.63) is 142 Å². The summed E-state index contributed by atoms with van der Waals surface area (Å²) >= 11 is 7.29. The van der Waals surface area contributed by atoms with Gasteiger partial charge in [0.1, 0.15) is 101 Å². The number of benzene rings is 6. The zero-order chi connectivity index (χ0) is 89.7. The highest BCUT2D eigenvalue weighted by atomic mass is 35.5. The number of hydrogen-bond donors (Lipinski definition) is 20. The van der Waals surface area contributed by atoms with Crippen molar-refractivity contribution < 1.29 is 126 Å². The number of nitrogens with two attached hydrogens (primary N) is 2. The topological polar surface area (TPSA) is 578 Å². The Bertz CT molecular complexity index is 5210. The third-order valence-corrected chi connectivity index (χ3v) is 26.2. The van der Waals surface area contributed by atoms with Crippen LogP contribution in [0.3, 0.4) is 0 Å². The van der Waals surface area contributed by atoms with E-state index < -0.39 is 236 Å². The van der Waals surface area contributed by atoms with Crippen molar-refractivity contribution in [1.29, 1.82) is 0 Å². The lowest BCUT2D eigenvalue weighted by atomic mass is 9.54. The van der Waals surface area contributed by atoms with Gasteiger partial charge in [-0.3, -0.25) is 38.4 Å². The molecule has 125 heavy (non-hydrogen) atoms. The van der Waals surface area contributed by atoms with Gasteiger partial charge in [-0.15, -0.1) is 0 Å². The molecule has 0 unspecified atom stereocenters. The van der Waals surface area contributed by atoms with E-state index in [-0.39, 0.29) is 99.9 Å². The van der Waals surface area contributed by atoms with Crippen molar-refractivity contribution in [1.82, 2.24) is 47.3 Å². The molecule has 7 aliphatic heterocycles. The van der Waals surface area contributed by atoms with Crippen LogP contribution in [0.5, 0.6) is 51.7 Å². The zero-order valence-electron chi connectivity index (χ0n) is 69.0. The molecule has 0 radical (unpaired) electrons. The molecule has 8 amide bonds.